The molecule has 148 valence electrons. The largest absolute Gasteiger partial charge is 0.489 e. The summed E-state index contributed by atoms with van der Waals surface area (Å²) in [6, 6.07) is 10.6. The summed E-state index contributed by atoms with van der Waals surface area (Å²) >= 11 is 1.64. The molecule has 7 heteroatoms. The van der Waals surface area contributed by atoms with Crippen LogP contribution in [0.2, 0.25) is 0 Å². The minimum Gasteiger partial charge on any atom is -0.489 e. The van der Waals surface area contributed by atoms with Gasteiger partial charge in [0.2, 0.25) is 5.91 Å². The number of nitrogens with one attached hydrogen (secondary N) is 1. The molecule has 1 amide bonds. The number of hydrogen-bond donors (Lipinski definition) is 1. The number of carbonyl (C=O) groups is 1. The SMILES string of the molecule is Cc1nc2cc(-c3ccc4c(cnn4C)c3)cc(OC(C)[C@H]3CNC(=O)C3)c2s1. The molecule has 1 saturated heterocycles. The molecular formula is C22H22N4O2S. The molecule has 1 aliphatic heterocycles. The van der Waals surface area contributed by atoms with E-state index in [1.807, 2.05) is 31.8 Å². The van der Waals surface area contributed by atoms with Gasteiger partial charge in [0, 0.05) is 31.3 Å². The lowest BCUT2D eigenvalue weighted by Crippen LogP contribution is -2.25. The molecule has 4 aromatic rings. The van der Waals surface area contributed by atoms with Gasteiger partial charge < -0.3 is 10.1 Å². The first-order valence-corrected chi connectivity index (χ1v) is 10.6. The highest BCUT2D eigenvalue weighted by Crippen LogP contribution is 2.38. The van der Waals surface area contributed by atoms with Gasteiger partial charge in [-0.15, -0.1) is 11.3 Å². The summed E-state index contributed by atoms with van der Waals surface area (Å²) in [4.78, 5) is 16.3. The Morgan fingerprint density at radius 2 is 2.14 bits per heavy atom. The Balaban J connectivity index is 1.56. The number of carbonyl (C=O) groups excluding carboxylic acids is 1. The van der Waals surface area contributed by atoms with Crippen molar-refractivity contribution >= 4 is 38.4 Å². The van der Waals surface area contributed by atoms with Crippen LogP contribution in [-0.2, 0) is 11.8 Å². The maximum absolute atomic E-state index is 11.6. The number of ether oxygens (including phenoxy) is 1. The summed E-state index contributed by atoms with van der Waals surface area (Å²) in [7, 11) is 1.95. The topological polar surface area (TPSA) is 69.0 Å². The molecule has 3 heterocycles. The Morgan fingerprint density at radius 1 is 1.28 bits per heavy atom. The molecule has 2 atom stereocenters. The number of amides is 1. The zero-order chi connectivity index (χ0) is 20.1. The zero-order valence-electron chi connectivity index (χ0n) is 16.6. The Kier molecular flexibility index (Phi) is 4.28. The highest BCUT2D eigenvalue weighted by atomic mass is 32.1. The Morgan fingerprint density at radius 3 is 2.93 bits per heavy atom. The van der Waals surface area contributed by atoms with Crippen molar-refractivity contribution < 1.29 is 9.53 Å². The third-order valence-electron chi connectivity index (χ3n) is 5.63. The standard InChI is InChI=1S/C22H22N4O2S/c1-12(16-9-21(27)23-10-16)28-20-8-15(7-18-22(20)29-13(2)25-18)14-4-5-19-17(6-14)11-24-26(19)3/h4-8,11-12,16H,9-10H2,1-3H3,(H,23,27)/t12?,16-/m1/s1. The van der Waals surface area contributed by atoms with Gasteiger partial charge in [-0.2, -0.15) is 5.10 Å². The van der Waals surface area contributed by atoms with E-state index in [0.717, 1.165) is 43.0 Å². The van der Waals surface area contributed by atoms with Crippen molar-refractivity contribution in [2.24, 2.45) is 13.0 Å². The number of rotatable bonds is 4. The highest BCUT2D eigenvalue weighted by molar-refractivity contribution is 7.18. The third-order valence-corrected chi connectivity index (χ3v) is 6.63. The molecule has 1 unspecified atom stereocenters. The van der Waals surface area contributed by atoms with E-state index in [4.69, 9.17) is 9.72 Å². The fourth-order valence-corrected chi connectivity index (χ4v) is 4.82. The van der Waals surface area contributed by atoms with Crippen LogP contribution in [-0.4, -0.2) is 33.3 Å². The van der Waals surface area contributed by atoms with E-state index in [0.29, 0.717) is 13.0 Å². The van der Waals surface area contributed by atoms with Gasteiger partial charge in [-0.05, 0) is 49.2 Å². The number of benzene rings is 2. The van der Waals surface area contributed by atoms with Crippen molar-refractivity contribution in [3.63, 3.8) is 0 Å². The van der Waals surface area contributed by atoms with Crippen molar-refractivity contribution in [2.75, 3.05) is 6.54 Å². The molecule has 29 heavy (non-hydrogen) atoms. The van der Waals surface area contributed by atoms with Gasteiger partial charge in [0.25, 0.3) is 0 Å². The average Bonchev–Trinajstić information content (AvgIpc) is 3.39. The van der Waals surface area contributed by atoms with Crippen molar-refractivity contribution in [2.45, 2.75) is 26.4 Å². The number of aromatic nitrogens is 3. The molecule has 1 N–H and O–H groups in total. The molecule has 6 nitrogen and oxygen atoms in total. The van der Waals surface area contributed by atoms with Crippen LogP contribution in [0.5, 0.6) is 5.75 Å². The fraction of sp³-hybridized carbons (Fsp3) is 0.318. The number of thiazole rings is 1. The van der Waals surface area contributed by atoms with Crippen LogP contribution >= 0.6 is 11.3 Å². The highest BCUT2D eigenvalue weighted by Gasteiger charge is 2.28. The summed E-state index contributed by atoms with van der Waals surface area (Å²) in [5, 5.41) is 9.35. The van der Waals surface area contributed by atoms with Gasteiger partial charge in [0.15, 0.2) is 0 Å². The van der Waals surface area contributed by atoms with Crippen LogP contribution in [0.15, 0.2) is 36.5 Å². The molecule has 0 bridgehead atoms. The summed E-state index contributed by atoms with van der Waals surface area (Å²) in [6.07, 6.45) is 2.34. The first-order chi connectivity index (χ1) is 14.0. The van der Waals surface area contributed by atoms with Gasteiger partial charge in [0.1, 0.15) is 11.9 Å². The second-order valence-electron chi connectivity index (χ2n) is 7.69. The predicted molar refractivity (Wildman–Crippen MR) is 115 cm³/mol. The summed E-state index contributed by atoms with van der Waals surface area (Å²) in [6.45, 7) is 4.72. The van der Waals surface area contributed by atoms with Crippen LogP contribution in [0, 0.1) is 12.8 Å². The number of fused-ring (bicyclic) bond motifs is 2. The van der Waals surface area contributed by atoms with Crippen molar-refractivity contribution in [1.29, 1.82) is 0 Å². The van der Waals surface area contributed by atoms with Crippen molar-refractivity contribution in [1.82, 2.24) is 20.1 Å². The molecule has 2 aromatic heterocycles. The van der Waals surface area contributed by atoms with E-state index in [2.05, 4.69) is 40.7 Å². The van der Waals surface area contributed by atoms with Crippen LogP contribution in [0.3, 0.4) is 0 Å². The maximum atomic E-state index is 11.6. The minimum absolute atomic E-state index is 0.0596. The second-order valence-corrected chi connectivity index (χ2v) is 8.89. The molecular weight excluding hydrogens is 384 g/mol. The van der Waals surface area contributed by atoms with E-state index in [1.54, 1.807) is 11.3 Å². The Labute approximate surface area is 172 Å². The van der Waals surface area contributed by atoms with E-state index < -0.39 is 0 Å². The second kappa shape index (κ2) is 6.84. The Bertz CT molecular complexity index is 1240. The number of aryl methyl sites for hydroxylation is 2. The smallest absolute Gasteiger partial charge is 0.220 e. The monoisotopic (exact) mass is 406 g/mol. The first kappa shape index (κ1) is 18.1. The zero-order valence-corrected chi connectivity index (χ0v) is 17.4. The van der Waals surface area contributed by atoms with Crippen LogP contribution in [0.1, 0.15) is 18.4 Å². The third kappa shape index (κ3) is 3.25. The summed E-state index contributed by atoms with van der Waals surface area (Å²) in [5.41, 5.74) is 4.21. The fourth-order valence-electron chi connectivity index (χ4n) is 3.97. The van der Waals surface area contributed by atoms with Crippen LogP contribution < -0.4 is 10.1 Å². The van der Waals surface area contributed by atoms with Gasteiger partial charge in [-0.25, -0.2) is 4.98 Å². The molecule has 0 spiro atoms. The molecule has 5 rings (SSSR count). The molecule has 1 aliphatic rings. The lowest BCUT2D eigenvalue weighted by atomic mass is 10.0. The molecule has 0 saturated carbocycles. The predicted octanol–water partition coefficient (Wildman–Crippen LogP) is 4.06. The van der Waals surface area contributed by atoms with Gasteiger partial charge in [0.05, 0.1) is 26.9 Å². The van der Waals surface area contributed by atoms with E-state index >= 15 is 0 Å². The van der Waals surface area contributed by atoms with Gasteiger partial charge in [-0.3, -0.25) is 9.48 Å². The lowest BCUT2D eigenvalue weighted by Gasteiger charge is -2.20. The molecule has 0 radical (unpaired) electrons. The Hall–Kier alpha value is -2.93. The summed E-state index contributed by atoms with van der Waals surface area (Å²) in [5.74, 6) is 1.12. The van der Waals surface area contributed by atoms with Crippen LogP contribution in [0.25, 0.3) is 32.2 Å². The molecule has 0 aliphatic carbocycles. The maximum Gasteiger partial charge on any atom is 0.220 e. The van der Waals surface area contributed by atoms with E-state index in [9.17, 15) is 4.79 Å². The first-order valence-electron chi connectivity index (χ1n) is 9.74. The molecule has 2 aromatic carbocycles. The summed E-state index contributed by atoms with van der Waals surface area (Å²) < 4.78 is 9.32. The van der Waals surface area contributed by atoms with E-state index in [-0.39, 0.29) is 17.9 Å². The number of nitrogens with zero attached hydrogens (tertiary/aromatic N) is 3. The van der Waals surface area contributed by atoms with Crippen LogP contribution in [0.4, 0.5) is 0 Å². The minimum atomic E-state index is -0.0596. The average molecular weight is 407 g/mol. The van der Waals surface area contributed by atoms with Gasteiger partial charge in [-0.1, -0.05) is 6.07 Å². The van der Waals surface area contributed by atoms with Gasteiger partial charge >= 0.3 is 0 Å². The molecule has 1 fully saturated rings. The van der Waals surface area contributed by atoms with Crippen molar-refractivity contribution in [3.8, 4) is 16.9 Å². The van der Waals surface area contributed by atoms with E-state index in [1.165, 1.54) is 0 Å². The quantitative estimate of drug-likeness (QED) is 0.555. The normalized spacial score (nSPS) is 17.8. The number of hydrogen-bond acceptors (Lipinski definition) is 5. The lowest BCUT2D eigenvalue weighted by molar-refractivity contribution is -0.119. The van der Waals surface area contributed by atoms with Crippen molar-refractivity contribution in [3.05, 3.63) is 41.5 Å².